The van der Waals surface area contributed by atoms with Crippen LogP contribution in [0, 0.1) is 0 Å². The van der Waals surface area contributed by atoms with E-state index in [1.54, 1.807) is 7.05 Å². The third kappa shape index (κ3) is 9.65. The lowest BCUT2D eigenvalue weighted by atomic mass is 10.2. The molecule has 0 aliphatic rings. The van der Waals surface area contributed by atoms with Crippen LogP contribution < -0.4 is 15.4 Å². The summed E-state index contributed by atoms with van der Waals surface area (Å²) in [5, 5.41) is 6.53. The van der Waals surface area contributed by atoms with Gasteiger partial charge >= 0.3 is 0 Å². The Morgan fingerprint density at radius 3 is 2.61 bits per heavy atom. The highest BCUT2D eigenvalue weighted by Gasteiger charge is 2.03. The van der Waals surface area contributed by atoms with Crippen LogP contribution in [-0.2, 0) is 11.3 Å². The molecular weight excluding hydrogens is 405 g/mol. The fourth-order valence-corrected chi connectivity index (χ4v) is 1.94. The van der Waals surface area contributed by atoms with Crippen LogP contribution >= 0.6 is 24.0 Å². The minimum Gasteiger partial charge on any atom is -0.494 e. The monoisotopic (exact) mass is 435 g/mol. The molecule has 0 aromatic heterocycles. The number of para-hydroxylation sites is 1. The normalized spacial score (nSPS) is 10.8. The Bertz CT molecular complexity index is 442. The fraction of sp³-hybridized carbons (Fsp3) is 0.588. The van der Waals surface area contributed by atoms with Crippen molar-refractivity contribution in [1.29, 1.82) is 0 Å². The molecule has 1 rings (SSSR count). The third-order valence-corrected chi connectivity index (χ3v) is 3.12. The van der Waals surface area contributed by atoms with Gasteiger partial charge in [-0.1, -0.05) is 31.5 Å². The van der Waals surface area contributed by atoms with Gasteiger partial charge in [-0.05, 0) is 19.4 Å². The zero-order valence-corrected chi connectivity index (χ0v) is 16.8. The number of hydrogen-bond donors (Lipinski definition) is 2. The number of rotatable bonds is 10. The molecule has 1 aromatic rings. The van der Waals surface area contributed by atoms with Gasteiger partial charge in [-0.2, -0.15) is 0 Å². The number of aliphatic imine (C=N–C) groups is 1. The van der Waals surface area contributed by atoms with Crippen LogP contribution in [0.2, 0.25) is 0 Å². The predicted molar refractivity (Wildman–Crippen MR) is 107 cm³/mol. The Morgan fingerprint density at radius 2 is 1.91 bits per heavy atom. The number of nitrogens with one attached hydrogen (secondary N) is 2. The van der Waals surface area contributed by atoms with E-state index in [0.717, 1.165) is 43.3 Å². The largest absolute Gasteiger partial charge is 0.494 e. The van der Waals surface area contributed by atoms with Crippen LogP contribution in [0.25, 0.3) is 0 Å². The molecule has 0 amide bonds. The van der Waals surface area contributed by atoms with E-state index < -0.39 is 0 Å². The molecule has 0 heterocycles. The molecule has 0 aliphatic carbocycles. The average molecular weight is 435 g/mol. The van der Waals surface area contributed by atoms with Crippen LogP contribution in [0.5, 0.6) is 5.75 Å². The zero-order valence-electron chi connectivity index (χ0n) is 14.4. The summed E-state index contributed by atoms with van der Waals surface area (Å²) in [4.78, 5) is 4.21. The highest BCUT2D eigenvalue weighted by atomic mass is 127. The average Bonchev–Trinajstić information content (AvgIpc) is 2.55. The van der Waals surface area contributed by atoms with Crippen molar-refractivity contribution < 1.29 is 9.47 Å². The van der Waals surface area contributed by atoms with E-state index in [4.69, 9.17) is 9.47 Å². The molecule has 0 saturated carbocycles. The minimum atomic E-state index is 0. The SMILES string of the molecule is CCCCOCCNC(=NC)NCc1ccccc1OCC.I. The molecule has 0 fully saturated rings. The van der Waals surface area contributed by atoms with Crippen molar-refractivity contribution in [2.24, 2.45) is 4.99 Å². The van der Waals surface area contributed by atoms with Gasteiger partial charge in [-0.3, -0.25) is 4.99 Å². The van der Waals surface area contributed by atoms with E-state index in [0.29, 0.717) is 19.8 Å². The first-order chi connectivity index (χ1) is 10.8. The molecule has 0 aliphatic heterocycles. The van der Waals surface area contributed by atoms with Gasteiger partial charge in [0.05, 0.1) is 13.2 Å². The summed E-state index contributed by atoms with van der Waals surface area (Å²) in [7, 11) is 1.77. The maximum absolute atomic E-state index is 5.62. The van der Waals surface area contributed by atoms with Gasteiger partial charge in [-0.15, -0.1) is 24.0 Å². The molecule has 0 bridgehead atoms. The fourth-order valence-electron chi connectivity index (χ4n) is 1.94. The maximum atomic E-state index is 5.62. The van der Waals surface area contributed by atoms with E-state index in [9.17, 15) is 0 Å². The summed E-state index contributed by atoms with van der Waals surface area (Å²) in [6.07, 6.45) is 2.27. The topological polar surface area (TPSA) is 54.9 Å². The molecular formula is C17H30IN3O2. The van der Waals surface area contributed by atoms with Crippen LogP contribution in [0.4, 0.5) is 0 Å². The molecule has 132 valence electrons. The van der Waals surface area contributed by atoms with Crippen molar-refractivity contribution >= 4 is 29.9 Å². The molecule has 2 N–H and O–H groups in total. The number of halogens is 1. The second kappa shape index (κ2) is 14.6. The molecule has 6 heteroatoms. The van der Waals surface area contributed by atoms with Gasteiger partial charge in [-0.25, -0.2) is 0 Å². The van der Waals surface area contributed by atoms with Gasteiger partial charge in [0.15, 0.2) is 5.96 Å². The second-order valence-corrected chi connectivity index (χ2v) is 4.86. The van der Waals surface area contributed by atoms with Crippen molar-refractivity contribution in [2.45, 2.75) is 33.2 Å². The first-order valence-corrected chi connectivity index (χ1v) is 8.04. The van der Waals surface area contributed by atoms with Crippen LogP contribution in [0.15, 0.2) is 29.3 Å². The molecule has 0 radical (unpaired) electrons. The van der Waals surface area contributed by atoms with E-state index in [1.165, 1.54) is 0 Å². The summed E-state index contributed by atoms with van der Waals surface area (Å²) in [6.45, 7) is 7.75. The second-order valence-electron chi connectivity index (χ2n) is 4.86. The number of hydrogen-bond acceptors (Lipinski definition) is 3. The molecule has 0 unspecified atom stereocenters. The predicted octanol–water partition coefficient (Wildman–Crippen LogP) is 3.19. The van der Waals surface area contributed by atoms with Crippen molar-refractivity contribution in [3.63, 3.8) is 0 Å². The third-order valence-electron chi connectivity index (χ3n) is 3.12. The van der Waals surface area contributed by atoms with Crippen molar-refractivity contribution in [3.8, 4) is 5.75 Å². The van der Waals surface area contributed by atoms with Gasteiger partial charge in [0.1, 0.15) is 5.75 Å². The molecule has 0 saturated heterocycles. The summed E-state index contributed by atoms with van der Waals surface area (Å²) < 4.78 is 11.1. The number of guanidine groups is 1. The quantitative estimate of drug-likeness (QED) is 0.257. The van der Waals surface area contributed by atoms with Gasteiger partial charge < -0.3 is 20.1 Å². The summed E-state index contributed by atoms with van der Waals surface area (Å²) in [5.74, 6) is 1.68. The van der Waals surface area contributed by atoms with Crippen molar-refractivity contribution in [1.82, 2.24) is 10.6 Å². The summed E-state index contributed by atoms with van der Waals surface area (Å²) in [6, 6.07) is 8.03. The standard InChI is InChI=1S/C17H29N3O2.HI/c1-4-6-12-21-13-11-19-17(18-3)20-14-15-9-7-8-10-16(15)22-5-2;/h7-10H,4-6,11-14H2,1-3H3,(H2,18,19,20);1H. The molecule has 23 heavy (non-hydrogen) atoms. The lowest BCUT2D eigenvalue weighted by Gasteiger charge is -2.14. The smallest absolute Gasteiger partial charge is 0.191 e. The van der Waals surface area contributed by atoms with Crippen LogP contribution in [-0.4, -0.2) is 39.4 Å². The summed E-state index contributed by atoms with van der Waals surface area (Å²) in [5.41, 5.74) is 1.12. The Hall–Kier alpha value is -1.02. The maximum Gasteiger partial charge on any atom is 0.191 e. The van der Waals surface area contributed by atoms with Gasteiger partial charge in [0.25, 0.3) is 0 Å². The highest BCUT2D eigenvalue weighted by molar-refractivity contribution is 14.0. The Kier molecular flexibility index (Phi) is 13.9. The Morgan fingerprint density at radius 1 is 1.13 bits per heavy atom. The first kappa shape index (κ1) is 22.0. The van der Waals surface area contributed by atoms with E-state index >= 15 is 0 Å². The van der Waals surface area contributed by atoms with Gasteiger partial charge in [0, 0.05) is 32.3 Å². The zero-order chi connectivity index (χ0) is 16.0. The molecule has 5 nitrogen and oxygen atoms in total. The van der Waals surface area contributed by atoms with Crippen molar-refractivity contribution in [3.05, 3.63) is 29.8 Å². The first-order valence-electron chi connectivity index (χ1n) is 8.04. The van der Waals surface area contributed by atoms with E-state index in [2.05, 4.69) is 28.6 Å². The molecule has 1 aromatic carbocycles. The van der Waals surface area contributed by atoms with Crippen LogP contribution in [0.3, 0.4) is 0 Å². The molecule has 0 atom stereocenters. The lowest BCUT2D eigenvalue weighted by molar-refractivity contribution is 0.136. The summed E-state index contributed by atoms with van der Waals surface area (Å²) >= 11 is 0. The number of ether oxygens (including phenoxy) is 2. The molecule has 0 spiro atoms. The number of nitrogens with zero attached hydrogens (tertiary/aromatic N) is 1. The number of benzene rings is 1. The van der Waals surface area contributed by atoms with Crippen LogP contribution in [0.1, 0.15) is 32.3 Å². The lowest BCUT2D eigenvalue weighted by Crippen LogP contribution is -2.38. The number of unbranched alkanes of at least 4 members (excludes halogenated alkanes) is 1. The Balaban J connectivity index is 0.00000484. The Labute approximate surface area is 157 Å². The van der Waals surface area contributed by atoms with Gasteiger partial charge in [0.2, 0.25) is 0 Å². The minimum absolute atomic E-state index is 0. The highest BCUT2D eigenvalue weighted by Crippen LogP contribution is 2.17. The van der Waals surface area contributed by atoms with E-state index in [1.807, 2.05) is 25.1 Å². The van der Waals surface area contributed by atoms with E-state index in [-0.39, 0.29) is 24.0 Å². The van der Waals surface area contributed by atoms with Crippen molar-refractivity contribution in [2.75, 3.05) is 33.4 Å².